The predicted octanol–water partition coefficient (Wildman–Crippen LogP) is 1.98. The minimum absolute atomic E-state index is 0.0879. The zero-order chi connectivity index (χ0) is 18.9. The van der Waals surface area contributed by atoms with Gasteiger partial charge in [0, 0.05) is 37.5 Å². The van der Waals surface area contributed by atoms with Gasteiger partial charge < -0.3 is 25.6 Å². The Morgan fingerprint density at radius 3 is 2.73 bits per heavy atom. The molecule has 1 aliphatic rings. The van der Waals surface area contributed by atoms with Crippen LogP contribution in [-0.4, -0.2) is 63.3 Å². The summed E-state index contributed by atoms with van der Waals surface area (Å²) in [6, 6.07) is 5.41. The van der Waals surface area contributed by atoms with Crippen molar-refractivity contribution < 1.29 is 14.3 Å². The quantitative estimate of drug-likeness (QED) is 0.556. The maximum Gasteiger partial charge on any atom is 0.319 e. The molecule has 0 atom stereocenters. The first-order valence-corrected chi connectivity index (χ1v) is 9.13. The number of hydrogen-bond donors (Lipinski definition) is 3. The van der Waals surface area contributed by atoms with Crippen molar-refractivity contribution in [2.24, 2.45) is 0 Å². The lowest BCUT2D eigenvalue weighted by atomic mass is 10.1. The molecule has 3 N–H and O–H groups in total. The van der Waals surface area contributed by atoms with Gasteiger partial charge in [0.25, 0.3) is 5.91 Å². The lowest BCUT2D eigenvalue weighted by Gasteiger charge is -2.16. The molecule has 3 amide bonds. The average molecular weight is 362 g/mol. The van der Waals surface area contributed by atoms with E-state index in [4.69, 9.17) is 4.74 Å². The van der Waals surface area contributed by atoms with Crippen LogP contribution in [0.4, 0.5) is 10.5 Å². The van der Waals surface area contributed by atoms with E-state index in [1.165, 1.54) is 0 Å². The summed E-state index contributed by atoms with van der Waals surface area (Å²) < 4.78 is 5.04. The van der Waals surface area contributed by atoms with Crippen LogP contribution >= 0.6 is 0 Å². The highest BCUT2D eigenvalue weighted by Gasteiger charge is 2.24. The number of likely N-dealkylation sites (N-methyl/N-ethyl adjacent to an activating group) is 1. The van der Waals surface area contributed by atoms with Crippen molar-refractivity contribution >= 4 is 17.6 Å². The van der Waals surface area contributed by atoms with Crippen molar-refractivity contribution in [3.63, 3.8) is 0 Å². The topological polar surface area (TPSA) is 82.7 Å². The maximum absolute atomic E-state index is 12.1. The second kappa shape index (κ2) is 10.1. The van der Waals surface area contributed by atoms with E-state index in [-0.39, 0.29) is 11.9 Å². The van der Waals surface area contributed by atoms with Gasteiger partial charge >= 0.3 is 6.03 Å². The molecule has 26 heavy (non-hydrogen) atoms. The van der Waals surface area contributed by atoms with E-state index in [1.54, 1.807) is 19.2 Å². The SMILES string of the molecule is COCCN(C)CCCNC(=O)Nc1cc(C(=O)NC2CC2)ccc1C. The molecule has 7 heteroatoms. The van der Waals surface area contributed by atoms with E-state index in [0.717, 1.165) is 37.9 Å². The molecule has 2 rings (SSSR count). The second-order valence-corrected chi connectivity index (χ2v) is 6.81. The van der Waals surface area contributed by atoms with Gasteiger partial charge in [0.15, 0.2) is 0 Å². The summed E-state index contributed by atoms with van der Waals surface area (Å²) in [5, 5.41) is 8.64. The van der Waals surface area contributed by atoms with Gasteiger partial charge in [-0.15, -0.1) is 0 Å². The highest BCUT2D eigenvalue weighted by molar-refractivity contribution is 5.97. The van der Waals surface area contributed by atoms with Crippen LogP contribution in [0, 0.1) is 6.92 Å². The Labute approximate surface area is 155 Å². The van der Waals surface area contributed by atoms with Gasteiger partial charge in [0.2, 0.25) is 0 Å². The number of carbonyl (C=O) groups is 2. The van der Waals surface area contributed by atoms with Crippen LogP contribution in [0.1, 0.15) is 35.2 Å². The highest BCUT2D eigenvalue weighted by Crippen LogP contribution is 2.21. The molecule has 0 bridgehead atoms. The van der Waals surface area contributed by atoms with Crippen LogP contribution in [0.2, 0.25) is 0 Å². The van der Waals surface area contributed by atoms with Crippen molar-refractivity contribution in [1.82, 2.24) is 15.5 Å². The summed E-state index contributed by atoms with van der Waals surface area (Å²) in [5.41, 5.74) is 2.14. The lowest BCUT2D eigenvalue weighted by Crippen LogP contribution is -2.32. The summed E-state index contributed by atoms with van der Waals surface area (Å²) in [6.45, 7) is 4.96. The van der Waals surface area contributed by atoms with E-state index in [9.17, 15) is 9.59 Å². The van der Waals surface area contributed by atoms with Gasteiger partial charge in [-0.2, -0.15) is 0 Å². The van der Waals surface area contributed by atoms with Gasteiger partial charge in [-0.3, -0.25) is 4.79 Å². The van der Waals surface area contributed by atoms with Crippen LogP contribution in [0.5, 0.6) is 0 Å². The Balaban J connectivity index is 1.76. The summed E-state index contributed by atoms with van der Waals surface area (Å²) in [7, 11) is 3.72. The van der Waals surface area contributed by atoms with Gasteiger partial charge in [0.05, 0.1) is 6.61 Å². The summed E-state index contributed by atoms with van der Waals surface area (Å²) in [5.74, 6) is -0.0879. The fraction of sp³-hybridized carbons (Fsp3) is 0.579. The van der Waals surface area contributed by atoms with Crippen molar-refractivity contribution in [3.8, 4) is 0 Å². The van der Waals surface area contributed by atoms with Crippen molar-refractivity contribution in [3.05, 3.63) is 29.3 Å². The number of rotatable bonds is 10. The molecule has 0 spiro atoms. The number of nitrogens with one attached hydrogen (secondary N) is 3. The standard InChI is InChI=1S/C19H30N4O3/c1-14-5-6-15(18(24)21-16-7-8-16)13-17(14)22-19(25)20-9-4-10-23(2)11-12-26-3/h5-6,13,16H,4,7-12H2,1-3H3,(H,21,24)(H2,20,22,25). The van der Waals surface area contributed by atoms with E-state index in [2.05, 4.69) is 20.9 Å². The number of methoxy groups -OCH3 is 1. The fourth-order valence-electron chi connectivity index (χ4n) is 2.47. The first-order valence-electron chi connectivity index (χ1n) is 9.13. The number of aryl methyl sites for hydroxylation is 1. The molecule has 0 saturated heterocycles. The predicted molar refractivity (Wildman–Crippen MR) is 103 cm³/mol. The summed E-state index contributed by atoms with van der Waals surface area (Å²) in [4.78, 5) is 26.4. The number of nitrogens with zero attached hydrogens (tertiary/aromatic N) is 1. The van der Waals surface area contributed by atoms with Gasteiger partial charge in [-0.1, -0.05) is 6.07 Å². The molecule has 0 radical (unpaired) electrons. The highest BCUT2D eigenvalue weighted by atomic mass is 16.5. The molecule has 1 aromatic rings. The lowest BCUT2D eigenvalue weighted by molar-refractivity contribution is 0.0951. The molecule has 1 aliphatic carbocycles. The summed E-state index contributed by atoms with van der Waals surface area (Å²) in [6.07, 6.45) is 2.95. The first-order chi connectivity index (χ1) is 12.5. The molecule has 0 aliphatic heterocycles. The zero-order valence-corrected chi connectivity index (χ0v) is 15.9. The molecule has 0 aromatic heterocycles. The minimum Gasteiger partial charge on any atom is -0.383 e. The van der Waals surface area contributed by atoms with Gasteiger partial charge in [-0.05, 0) is 57.5 Å². The van der Waals surface area contributed by atoms with Crippen LogP contribution in [0.25, 0.3) is 0 Å². The molecule has 0 unspecified atom stereocenters. The minimum atomic E-state index is -0.257. The maximum atomic E-state index is 12.1. The van der Waals surface area contributed by atoms with Crippen LogP contribution in [-0.2, 0) is 4.74 Å². The Hall–Kier alpha value is -2.12. The number of amides is 3. The second-order valence-electron chi connectivity index (χ2n) is 6.81. The molecule has 0 heterocycles. The Morgan fingerprint density at radius 1 is 1.27 bits per heavy atom. The molecule has 7 nitrogen and oxygen atoms in total. The average Bonchev–Trinajstić information content (AvgIpc) is 3.42. The Bertz CT molecular complexity index is 617. The van der Waals surface area contributed by atoms with Crippen molar-refractivity contribution in [2.75, 3.05) is 45.7 Å². The third-order valence-corrected chi connectivity index (χ3v) is 4.34. The smallest absolute Gasteiger partial charge is 0.319 e. The number of hydrogen-bond acceptors (Lipinski definition) is 4. The number of ether oxygens (including phenoxy) is 1. The van der Waals surface area contributed by atoms with Crippen LogP contribution < -0.4 is 16.0 Å². The Kier molecular flexibility index (Phi) is 7.87. The van der Waals surface area contributed by atoms with Crippen LogP contribution in [0.3, 0.4) is 0 Å². The van der Waals surface area contributed by atoms with Crippen LogP contribution in [0.15, 0.2) is 18.2 Å². The monoisotopic (exact) mass is 362 g/mol. The largest absolute Gasteiger partial charge is 0.383 e. The molecule has 1 aromatic carbocycles. The third kappa shape index (κ3) is 7.01. The van der Waals surface area contributed by atoms with Gasteiger partial charge in [0.1, 0.15) is 0 Å². The Morgan fingerprint density at radius 2 is 2.04 bits per heavy atom. The molecule has 144 valence electrons. The first kappa shape index (κ1) is 20.2. The van der Waals surface area contributed by atoms with E-state index < -0.39 is 0 Å². The molecule has 1 fully saturated rings. The van der Waals surface area contributed by atoms with E-state index in [1.807, 2.05) is 20.0 Å². The van der Waals surface area contributed by atoms with E-state index in [0.29, 0.717) is 30.4 Å². The zero-order valence-electron chi connectivity index (χ0n) is 15.9. The number of anilines is 1. The van der Waals surface area contributed by atoms with Gasteiger partial charge in [-0.25, -0.2) is 4.79 Å². The van der Waals surface area contributed by atoms with E-state index >= 15 is 0 Å². The number of benzene rings is 1. The summed E-state index contributed by atoms with van der Waals surface area (Å²) >= 11 is 0. The third-order valence-electron chi connectivity index (χ3n) is 4.34. The molecule has 1 saturated carbocycles. The number of urea groups is 1. The molecular formula is C19H30N4O3. The molecular weight excluding hydrogens is 332 g/mol. The fourth-order valence-corrected chi connectivity index (χ4v) is 2.47. The number of carbonyl (C=O) groups excluding carboxylic acids is 2. The van der Waals surface area contributed by atoms with Crippen molar-refractivity contribution in [2.45, 2.75) is 32.2 Å². The normalized spacial score (nSPS) is 13.5. The van der Waals surface area contributed by atoms with Crippen molar-refractivity contribution in [1.29, 1.82) is 0 Å².